The summed E-state index contributed by atoms with van der Waals surface area (Å²) < 4.78 is 13.4. The number of hydrogen-bond acceptors (Lipinski definition) is 1. The van der Waals surface area contributed by atoms with Crippen LogP contribution in [0.5, 0.6) is 0 Å². The molecule has 104 valence electrons. The minimum Gasteiger partial charge on any atom is -0.334 e. The molecule has 0 unspecified atom stereocenters. The van der Waals surface area contributed by atoms with Crippen LogP contribution in [0.3, 0.4) is 0 Å². The molecule has 0 atom stereocenters. The van der Waals surface area contributed by atoms with Gasteiger partial charge in [0, 0.05) is 23.7 Å². The molecular weight excluding hydrogens is 279 g/mol. The van der Waals surface area contributed by atoms with Crippen molar-refractivity contribution < 1.29 is 9.18 Å². The first-order valence-corrected chi connectivity index (χ1v) is 6.52. The van der Waals surface area contributed by atoms with E-state index >= 15 is 0 Å². The molecule has 2 aromatic rings. The van der Waals surface area contributed by atoms with Gasteiger partial charge < -0.3 is 10.6 Å². The predicted octanol–water partition coefficient (Wildman–Crippen LogP) is 3.48. The number of carbonyl (C=O) groups is 1. The van der Waals surface area contributed by atoms with E-state index < -0.39 is 5.82 Å². The van der Waals surface area contributed by atoms with Crippen LogP contribution in [0.25, 0.3) is 0 Å². The fourth-order valence-corrected chi connectivity index (χ4v) is 1.89. The van der Waals surface area contributed by atoms with Crippen molar-refractivity contribution in [1.82, 2.24) is 10.6 Å². The van der Waals surface area contributed by atoms with Gasteiger partial charge in [-0.2, -0.15) is 0 Å². The second kappa shape index (κ2) is 6.91. The Morgan fingerprint density at radius 1 is 1.05 bits per heavy atom. The highest BCUT2D eigenvalue weighted by Crippen LogP contribution is 2.14. The van der Waals surface area contributed by atoms with E-state index in [0.717, 1.165) is 5.56 Å². The van der Waals surface area contributed by atoms with Gasteiger partial charge in [0.1, 0.15) is 5.82 Å². The molecule has 0 aliphatic heterocycles. The molecule has 3 nitrogen and oxygen atoms in total. The molecule has 5 heteroatoms. The molecule has 0 aromatic heterocycles. The van der Waals surface area contributed by atoms with Gasteiger partial charge in [-0.25, -0.2) is 9.18 Å². The number of amides is 2. The second-order valence-electron chi connectivity index (χ2n) is 4.26. The van der Waals surface area contributed by atoms with Gasteiger partial charge in [0.15, 0.2) is 0 Å². The van der Waals surface area contributed by atoms with Crippen LogP contribution in [-0.2, 0) is 13.1 Å². The normalized spacial score (nSPS) is 10.1. The minimum atomic E-state index is -0.391. The van der Waals surface area contributed by atoms with E-state index in [4.69, 9.17) is 11.6 Å². The molecule has 2 amide bonds. The van der Waals surface area contributed by atoms with Crippen LogP contribution in [0.1, 0.15) is 11.1 Å². The SMILES string of the molecule is O=C(NCc1ccccc1)NCc1cc(Cl)ccc1F. The van der Waals surface area contributed by atoms with Crippen LogP contribution in [0.4, 0.5) is 9.18 Å². The molecule has 0 saturated carbocycles. The Hall–Kier alpha value is -2.07. The van der Waals surface area contributed by atoms with E-state index in [1.165, 1.54) is 18.2 Å². The van der Waals surface area contributed by atoms with Crippen molar-refractivity contribution in [3.63, 3.8) is 0 Å². The zero-order chi connectivity index (χ0) is 14.4. The average Bonchev–Trinajstić information content (AvgIpc) is 2.47. The molecule has 2 N–H and O–H groups in total. The molecule has 0 fully saturated rings. The van der Waals surface area contributed by atoms with Gasteiger partial charge in [0.25, 0.3) is 0 Å². The van der Waals surface area contributed by atoms with Crippen LogP contribution in [0, 0.1) is 5.82 Å². The summed E-state index contributed by atoms with van der Waals surface area (Å²) in [6.07, 6.45) is 0. The fraction of sp³-hybridized carbons (Fsp3) is 0.133. The zero-order valence-corrected chi connectivity index (χ0v) is 11.5. The van der Waals surface area contributed by atoms with Crippen molar-refractivity contribution in [2.75, 3.05) is 0 Å². The standard InChI is InChI=1S/C15H14ClFN2O/c16-13-6-7-14(17)12(8-13)10-19-15(20)18-9-11-4-2-1-3-5-11/h1-8H,9-10H2,(H2,18,19,20). The van der Waals surface area contributed by atoms with Crippen LogP contribution in [-0.4, -0.2) is 6.03 Å². The van der Waals surface area contributed by atoms with Gasteiger partial charge in [-0.3, -0.25) is 0 Å². The van der Waals surface area contributed by atoms with Gasteiger partial charge in [-0.1, -0.05) is 41.9 Å². The Kier molecular flexibility index (Phi) is 4.96. The molecule has 2 rings (SSSR count). The highest BCUT2D eigenvalue weighted by atomic mass is 35.5. The molecule has 20 heavy (non-hydrogen) atoms. The van der Waals surface area contributed by atoms with Crippen molar-refractivity contribution in [2.45, 2.75) is 13.1 Å². The van der Waals surface area contributed by atoms with Crippen LogP contribution < -0.4 is 10.6 Å². The van der Waals surface area contributed by atoms with Crippen molar-refractivity contribution in [2.24, 2.45) is 0 Å². The van der Waals surface area contributed by atoms with E-state index in [1.54, 1.807) is 0 Å². The fourth-order valence-electron chi connectivity index (χ4n) is 1.69. The molecular formula is C15H14ClFN2O. The topological polar surface area (TPSA) is 41.1 Å². The number of nitrogens with one attached hydrogen (secondary N) is 2. The third-order valence-electron chi connectivity index (χ3n) is 2.74. The summed E-state index contributed by atoms with van der Waals surface area (Å²) in [5.74, 6) is -0.391. The number of rotatable bonds is 4. The molecule has 0 radical (unpaired) electrons. The lowest BCUT2D eigenvalue weighted by atomic mass is 10.2. The summed E-state index contributed by atoms with van der Waals surface area (Å²) in [5.41, 5.74) is 1.35. The van der Waals surface area contributed by atoms with Crippen molar-refractivity contribution in [1.29, 1.82) is 0 Å². The van der Waals surface area contributed by atoms with Crippen molar-refractivity contribution in [3.8, 4) is 0 Å². The Balaban J connectivity index is 1.82. The first-order valence-electron chi connectivity index (χ1n) is 6.15. The third-order valence-corrected chi connectivity index (χ3v) is 2.98. The molecule has 2 aromatic carbocycles. The number of benzene rings is 2. The predicted molar refractivity (Wildman–Crippen MR) is 76.9 cm³/mol. The summed E-state index contributed by atoms with van der Waals surface area (Å²) in [4.78, 5) is 11.6. The van der Waals surface area contributed by atoms with Gasteiger partial charge in [0.2, 0.25) is 0 Å². The maximum Gasteiger partial charge on any atom is 0.315 e. The quantitative estimate of drug-likeness (QED) is 0.890. The summed E-state index contributed by atoms with van der Waals surface area (Å²) in [7, 11) is 0. The lowest BCUT2D eigenvalue weighted by Crippen LogP contribution is -2.34. The van der Waals surface area contributed by atoms with Gasteiger partial charge in [-0.05, 0) is 23.8 Å². The lowest BCUT2D eigenvalue weighted by molar-refractivity contribution is 0.240. The third kappa shape index (κ3) is 4.24. The van der Waals surface area contributed by atoms with Crippen LogP contribution in [0.2, 0.25) is 5.02 Å². The second-order valence-corrected chi connectivity index (χ2v) is 4.69. The number of halogens is 2. The van der Waals surface area contributed by atoms with Gasteiger partial charge in [-0.15, -0.1) is 0 Å². The highest BCUT2D eigenvalue weighted by molar-refractivity contribution is 6.30. The number of hydrogen-bond donors (Lipinski definition) is 2. The van der Waals surface area contributed by atoms with E-state index in [0.29, 0.717) is 17.1 Å². The molecule has 0 saturated heterocycles. The van der Waals surface area contributed by atoms with E-state index in [-0.39, 0.29) is 12.6 Å². The number of carbonyl (C=O) groups excluding carboxylic acids is 1. The first kappa shape index (κ1) is 14.3. The molecule has 0 heterocycles. The maximum absolute atomic E-state index is 13.4. The van der Waals surface area contributed by atoms with E-state index in [2.05, 4.69) is 10.6 Å². The average molecular weight is 293 g/mol. The van der Waals surface area contributed by atoms with Crippen molar-refractivity contribution in [3.05, 3.63) is 70.5 Å². The largest absolute Gasteiger partial charge is 0.334 e. The summed E-state index contributed by atoms with van der Waals surface area (Å²) in [5, 5.41) is 5.72. The zero-order valence-electron chi connectivity index (χ0n) is 10.7. The smallest absolute Gasteiger partial charge is 0.315 e. The summed E-state index contributed by atoms with van der Waals surface area (Å²) >= 11 is 5.78. The lowest BCUT2D eigenvalue weighted by Gasteiger charge is -2.08. The monoisotopic (exact) mass is 292 g/mol. The van der Waals surface area contributed by atoms with Gasteiger partial charge in [0.05, 0.1) is 0 Å². The molecule has 0 aliphatic carbocycles. The summed E-state index contributed by atoms with van der Waals surface area (Å²) in [6.45, 7) is 0.512. The highest BCUT2D eigenvalue weighted by Gasteiger charge is 2.05. The first-order chi connectivity index (χ1) is 9.65. The van der Waals surface area contributed by atoms with E-state index in [9.17, 15) is 9.18 Å². The Morgan fingerprint density at radius 3 is 2.50 bits per heavy atom. The molecule has 0 spiro atoms. The summed E-state index contributed by atoms with van der Waals surface area (Å²) in [6, 6.07) is 13.4. The number of urea groups is 1. The minimum absolute atomic E-state index is 0.0903. The van der Waals surface area contributed by atoms with Crippen molar-refractivity contribution >= 4 is 17.6 Å². The van der Waals surface area contributed by atoms with Crippen LogP contribution >= 0.6 is 11.6 Å². The van der Waals surface area contributed by atoms with Crippen LogP contribution in [0.15, 0.2) is 48.5 Å². The molecule has 0 aliphatic rings. The Morgan fingerprint density at radius 2 is 1.75 bits per heavy atom. The van der Waals surface area contributed by atoms with E-state index in [1.807, 2.05) is 30.3 Å². The maximum atomic E-state index is 13.4. The van der Waals surface area contributed by atoms with Gasteiger partial charge >= 0.3 is 6.03 Å². The Labute approximate surface area is 121 Å². The molecule has 0 bridgehead atoms. The Bertz CT molecular complexity index is 590.